The summed E-state index contributed by atoms with van der Waals surface area (Å²) in [7, 11) is -3.02. The van der Waals surface area contributed by atoms with Crippen molar-refractivity contribution in [1.29, 1.82) is 0 Å². The van der Waals surface area contributed by atoms with Crippen molar-refractivity contribution in [2.24, 2.45) is 0 Å². The third kappa shape index (κ3) is 4.05. The van der Waals surface area contributed by atoms with Crippen molar-refractivity contribution < 1.29 is 17.6 Å². The van der Waals surface area contributed by atoms with Crippen molar-refractivity contribution in [1.82, 2.24) is 5.32 Å². The minimum Gasteiger partial charge on any atom is -0.349 e. The number of amides is 1. The summed E-state index contributed by atoms with van der Waals surface area (Å²) in [6, 6.07) is 3.77. The van der Waals surface area contributed by atoms with E-state index < -0.39 is 15.7 Å². The molecule has 1 aromatic carbocycles. The third-order valence-electron chi connectivity index (χ3n) is 2.95. The van der Waals surface area contributed by atoms with Crippen LogP contribution in [0.3, 0.4) is 0 Å². The molecule has 108 valence electrons. The Labute approximate surface area is 121 Å². The van der Waals surface area contributed by atoms with Crippen LogP contribution in [0.15, 0.2) is 24.3 Å². The first kappa shape index (κ1) is 15.0. The molecule has 0 saturated carbocycles. The lowest BCUT2D eigenvalue weighted by Gasteiger charge is -2.07. The zero-order valence-electron chi connectivity index (χ0n) is 10.5. The molecule has 1 N–H and O–H groups in total. The number of carbonyl (C=O) groups is 1. The van der Waals surface area contributed by atoms with Crippen LogP contribution in [0.1, 0.15) is 12.0 Å². The molecule has 0 spiro atoms. The van der Waals surface area contributed by atoms with Crippen molar-refractivity contribution in [3.8, 4) is 0 Å². The molecule has 1 fully saturated rings. The van der Waals surface area contributed by atoms with E-state index in [-0.39, 0.29) is 28.5 Å². The molecule has 1 saturated heterocycles. The highest BCUT2D eigenvalue weighted by molar-refractivity contribution is 7.91. The standard InChI is InChI=1S/C13H13ClFNO3S/c14-11-7-9(1-3-12(11)15)2-4-13(17)16-10-5-6-20(18,19)8-10/h1-4,7,10H,5-6,8H2,(H,16,17)/b4-2+/t10-/m1/s1. The van der Waals surface area contributed by atoms with Crippen LogP contribution in [0.5, 0.6) is 0 Å². The van der Waals surface area contributed by atoms with Crippen LogP contribution in [0.25, 0.3) is 6.08 Å². The summed E-state index contributed by atoms with van der Waals surface area (Å²) in [5.74, 6) is -0.818. The molecular formula is C13H13ClFNO3S. The molecule has 0 unspecified atom stereocenters. The van der Waals surface area contributed by atoms with Gasteiger partial charge in [-0.3, -0.25) is 4.79 Å². The molecule has 1 aliphatic rings. The zero-order chi connectivity index (χ0) is 14.8. The fraction of sp³-hybridized carbons (Fsp3) is 0.308. The fourth-order valence-electron chi connectivity index (χ4n) is 1.95. The van der Waals surface area contributed by atoms with Crippen LogP contribution in [0.2, 0.25) is 5.02 Å². The Hall–Kier alpha value is -1.40. The molecule has 1 atom stereocenters. The summed E-state index contributed by atoms with van der Waals surface area (Å²) in [5.41, 5.74) is 0.589. The lowest BCUT2D eigenvalue weighted by Crippen LogP contribution is -2.34. The molecule has 1 aromatic rings. The maximum absolute atomic E-state index is 12.9. The van der Waals surface area contributed by atoms with Gasteiger partial charge in [-0.2, -0.15) is 0 Å². The van der Waals surface area contributed by atoms with E-state index in [2.05, 4.69) is 5.32 Å². The topological polar surface area (TPSA) is 63.2 Å². The van der Waals surface area contributed by atoms with Gasteiger partial charge in [0, 0.05) is 12.1 Å². The molecule has 2 rings (SSSR count). The Kier molecular flexibility index (Phi) is 4.45. The molecule has 0 radical (unpaired) electrons. The first-order chi connectivity index (χ1) is 9.35. The molecule has 1 heterocycles. The first-order valence-corrected chi connectivity index (χ1v) is 8.20. The maximum atomic E-state index is 12.9. The monoisotopic (exact) mass is 317 g/mol. The van der Waals surface area contributed by atoms with Crippen molar-refractivity contribution in [3.63, 3.8) is 0 Å². The Morgan fingerprint density at radius 2 is 2.20 bits per heavy atom. The zero-order valence-corrected chi connectivity index (χ0v) is 12.0. The van der Waals surface area contributed by atoms with Crippen LogP contribution in [-0.4, -0.2) is 31.9 Å². The second-order valence-corrected chi connectivity index (χ2v) is 7.25. The number of hydrogen-bond donors (Lipinski definition) is 1. The third-order valence-corrected chi connectivity index (χ3v) is 5.01. The van der Waals surface area contributed by atoms with E-state index in [1.807, 2.05) is 0 Å². The Morgan fingerprint density at radius 1 is 1.45 bits per heavy atom. The van der Waals surface area contributed by atoms with Crippen molar-refractivity contribution >= 4 is 33.4 Å². The van der Waals surface area contributed by atoms with E-state index >= 15 is 0 Å². The smallest absolute Gasteiger partial charge is 0.244 e. The minimum atomic E-state index is -3.02. The van der Waals surface area contributed by atoms with Gasteiger partial charge in [0.15, 0.2) is 9.84 Å². The van der Waals surface area contributed by atoms with Gasteiger partial charge in [0.25, 0.3) is 0 Å². The van der Waals surface area contributed by atoms with Crippen LogP contribution < -0.4 is 5.32 Å². The molecule has 1 aliphatic heterocycles. The largest absolute Gasteiger partial charge is 0.349 e. The molecule has 4 nitrogen and oxygen atoms in total. The molecule has 0 aromatic heterocycles. The average Bonchev–Trinajstić information content (AvgIpc) is 2.70. The predicted molar refractivity (Wildman–Crippen MR) is 75.6 cm³/mol. The predicted octanol–water partition coefficient (Wildman–Crippen LogP) is 1.80. The van der Waals surface area contributed by atoms with Gasteiger partial charge in [-0.1, -0.05) is 17.7 Å². The minimum absolute atomic E-state index is 0.0189. The van der Waals surface area contributed by atoms with E-state index in [0.29, 0.717) is 12.0 Å². The summed E-state index contributed by atoms with van der Waals surface area (Å²) >= 11 is 5.62. The van der Waals surface area contributed by atoms with E-state index in [1.165, 1.54) is 30.4 Å². The summed E-state index contributed by atoms with van der Waals surface area (Å²) in [4.78, 5) is 11.6. The molecule has 20 heavy (non-hydrogen) atoms. The van der Waals surface area contributed by atoms with Crippen molar-refractivity contribution in [2.45, 2.75) is 12.5 Å². The molecular weight excluding hydrogens is 305 g/mol. The fourth-order valence-corrected chi connectivity index (χ4v) is 3.81. The number of nitrogens with one attached hydrogen (secondary N) is 1. The van der Waals surface area contributed by atoms with Crippen LogP contribution >= 0.6 is 11.6 Å². The normalized spacial score (nSPS) is 21.2. The van der Waals surface area contributed by atoms with Gasteiger partial charge in [-0.05, 0) is 30.2 Å². The highest BCUT2D eigenvalue weighted by atomic mass is 35.5. The second-order valence-electron chi connectivity index (χ2n) is 4.62. The molecule has 1 amide bonds. The Balaban J connectivity index is 1.94. The molecule has 0 aliphatic carbocycles. The van der Waals surface area contributed by atoms with Crippen LogP contribution in [0, 0.1) is 5.82 Å². The highest BCUT2D eigenvalue weighted by Gasteiger charge is 2.28. The van der Waals surface area contributed by atoms with E-state index in [9.17, 15) is 17.6 Å². The number of halogens is 2. The van der Waals surface area contributed by atoms with E-state index in [0.717, 1.165) is 0 Å². The van der Waals surface area contributed by atoms with Gasteiger partial charge < -0.3 is 5.32 Å². The van der Waals surface area contributed by atoms with Crippen molar-refractivity contribution in [3.05, 3.63) is 40.7 Å². The Morgan fingerprint density at radius 3 is 2.80 bits per heavy atom. The number of carbonyl (C=O) groups excluding carboxylic acids is 1. The quantitative estimate of drug-likeness (QED) is 0.865. The van der Waals surface area contributed by atoms with Gasteiger partial charge in [0.2, 0.25) is 5.91 Å². The maximum Gasteiger partial charge on any atom is 0.244 e. The number of benzene rings is 1. The summed E-state index contributed by atoms with van der Waals surface area (Å²) < 4.78 is 35.5. The van der Waals surface area contributed by atoms with Gasteiger partial charge in [0.1, 0.15) is 5.82 Å². The highest BCUT2D eigenvalue weighted by Crippen LogP contribution is 2.17. The summed E-state index contributed by atoms with van der Waals surface area (Å²) in [6.07, 6.45) is 3.20. The van der Waals surface area contributed by atoms with E-state index in [1.54, 1.807) is 0 Å². The number of sulfone groups is 1. The Bertz CT molecular complexity index is 658. The average molecular weight is 318 g/mol. The number of rotatable bonds is 3. The van der Waals surface area contributed by atoms with E-state index in [4.69, 9.17) is 11.6 Å². The van der Waals surface area contributed by atoms with Gasteiger partial charge in [-0.25, -0.2) is 12.8 Å². The second kappa shape index (κ2) is 5.93. The lowest BCUT2D eigenvalue weighted by atomic mass is 10.2. The first-order valence-electron chi connectivity index (χ1n) is 6.00. The van der Waals surface area contributed by atoms with Crippen LogP contribution in [0.4, 0.5) is 4.39 Å². The summed E-state index contributed by atoms with van der Waals surface area (Å²) in [6.45, 7) is 0. The van der Waals surface area contributed by atoms with Crippen LogP contribution in [-0.2, 0) is 14.6 Å². The number of hydrogen-bond acceptors (Lipinski definition) is 3. The van der Waals surface area contributed by atoms with Crippen molar-refractivity contribution in [2.75, 3.05) is 11.5 Å². The lowest BCUT2D eigenvalue weighted by molar-refractivity contribution is -0.116. The molecule has 7 heteroatoms. The van der Waals surface area contributed by atoms with Gasteiger partial charge in [-0.15, -0.1) is 0 Å². The van der Waals surface area contributed by atoms with Gasteiger partial charge >= 0.3 is 0 Å². The molecule has 0 bridgehead atoms. The SMILES string of the molecule is O=C(/C=C/c1ccc(F)c(Cl)c1)N[C@@H]1CCS(=O)(=O)C1. The van der Waals surface area contributed by atoms with Gasteiger partial charge in [0.05, 0.1) is 16.5 Å². The summed E-state index contributed by atoms with van der Waals surface area (Å²) in [5, 5.41) is 2.60.